The third kappa shape index (κ3) is 6.72. The van der Waals surface area contributed by atoms with E-state index in [4.69, 9.17) is 16.3 Å². The average Bonchev–Trinajstić information content (AvgIpc) is 3.74. The van der Waals surface area contributed by atoms with Crippen LogP contribution in [0.4, 0.5) is 10.1 Å². The van der Waals surface area contributed by atoms with Crippen molar-refractivity contribution in [3.63, 3.8) is 0 Å². The van der Waals surface area contributed by atoms with E-state index < -0.39 is 29.5 Å². The molecule has 0 bridgehead atoms. The number of likely N-dealkylation sites (tertiary alicyclic amines) is 1. The second kappa shape index (κ2) is 14.0. The van der Waals surface area contributed by atoms with E-state index in [1.807, 2.05) is 31.3 Å². The largest absolute Gasteiger partial charge is 0.481 e. The highest BCUT2D eigenvalue weighted by atomic mass is 35.5. The van der Waals surface area contributed by atoms with Gasteiger partial charge in [-0.2, -0.15) is 0 Å². The lowest BCUT2D eigenvalue weighted by atomic mass is 9.87. The molecule has 3 aliphatic rings. The molecule has 3 fully saturated rings. The number of carbonyl (C=O) groups excluding carboxylic acids is 2. The van der Waals surface area contributed by atoms with Gasteiger partial charge in [-0.25, -0.2) is 4.39 Å². The van der Waals surface area contributed by atoms with Crippen LogP contribution >= 0.6 is 22.9 Å². The van der Waals surface area contributed by atoms with E-state index in [0.717, 1.165) is 36.0 Å². The summed E-state index contributed by atoms with van der Waals surface area (Å²) in [7, 11) is 2.04. The fraction of sp³-hybridized carbons (Fsp3) is 0.500. The summed E-state index contributed by atoms with van der Waals surface area (Å²) in [5, 5.41) is 15.0. The van der Waals surface area contributed by atoms with Gasteiger partial charge in [-0.3, -0.25) is 24.2 Å². The van der Waals surface area contributed by atoms with Crippen LogP contribution in [0.2, 0.25) is 5.02 Å². The molecule has 2 saturated heterocycles. The van der Waals surface area contributed by atoms with E-state index in [-0.39, 0.29) is 34.6 Å². The number of ether oxygens (including phenoxy) is 1. The minimum atomic E-state index is -1.40. The van der Waals surface area contributed by atoms with Gasteiger partial charge in [0.15, 0.2) is 5.78 Å². The number of amides is 1. The van der Waals surface area contributed by atoms with Gasteiger partial charge in [0.2, 0.25) is 5.85 Å². The molecule has 0 radical (unpaired) electrons. The molecule has 1 atom stereocenters. The Morgan fingerprint density at radius 3 is 2.39 bits per heavy atom. The maximum Gasteiger partial charge on any atom is 0.306 e. The van der Waals surface area contributed by atoms with Crippen molar-refractivity contribution in [2.75, 3.05) is 51.6 Å². The van der Waals surface area contributed by atoms with Crippen LogP contribution < -0.4 is 5.32 Å². The standard InChI is InChI=1S/C34H40ClFN4O5S/c1-38-14-16-40(17-15-38)34(39-12-4-5-13-39,45-24-10-8-22(9-11-24)33(43)44)31(41)19-23-18-27(35)29(20-28(23)36)37-32(42)26-21-46-30-7-3-2-6-25(26)30/h2-3,6-7,18,20-22,24H,4-5,8-17,19H2,1H3,(H,37,42)(H,43,44)/t22-,24-,34?. The summed E-state index contributed by atoms with van der Waals surface area (Å²) < 4.78 is 23.7. The lowest BCUT2D eigenvalue weighted by Crippen LogP contribution is -2.70. The number of nitrogens with zero attached hydrogens (tertiary/aromatic N) is 3. The van der Waals surface area contributed by atoms with Gasteiger partial charge in [0.25, 0.3) is 5.91 Å². The molecule has 1 aromatic heterocycles. The predicted octanol–water partition coefficient (Wildman–Crippen LogP) is 5.71. The number of benzene rings is 2. The van der Waals surface area contributed by atoms with Crippen LogP contribution in [0.3, 0.4) is 0 Å². The Morgan fingerprint density at radius 1 is 1.02 bits per heavy atom. The van der Waals surface area contributed by atoms with Gasteiger partial charge in [0, 0.05) is 61.2 Å². The van der Waals surface area contributed by atoms with Crippen molar-refractivity contribution in [2.45, 2.75) is 56.9 Å². The van der Waals surface area contributed by atoms with Crippen LogP contribution in [0.15, 0.2) is 41.8 Å². The number of ketones is 1. The topological polar surface area (TPSA) is 102 Å². The summed E-state index contributed by atoms with van der Waals surface area (Å²) in [6.07, 6.45) is 3.37. The first-order valence-electron chi connectivity index (χ1n) is 16.0. The summed E-state index contributed by atoms with van der Waals surface area (Å²) in [5.41, 5.74) is 0.741. The Bertz CT molecular complexity index is 1600. The van der Waals surface area contributed by atoms with Gasteiger partial charge in [0.1, 0.15) is 5.82 Å². The summed E-state index contributed by atoms with van der Waals surface area (Å²) in [5.74, 6) is -3.90. The van der Waals surface area contributed by atoms with Crippen molar-refractivity contribution in [1.29, 1.82) is 0 Å². The van der Waals surface area contributed by atoms with Gasteiger partial charge in [-0.05, 0) is 69.3 Å². The van der Waals surface area contributed by atoms with Gasteiger partial charge in [-0.1, -0.05) is 29.8 Å². The zero-order chi connectivity index (χ0) is 32.4. The molecular weight excluding hydrogens is 631 g/mol. The van der Waals surface area contributed by atoms with Crippen LogP contribution in [0.25, 0.3) is 10.1 Å². The number of halogens is 2. The molecule has 46 heavy (non-hydrogen) atoms. The lowest BCUT2D eigenvalue weighted by Gasteiger charge is -2.51. The zero-order valence-corrected chi connectivity index (χ0v) is 27.5. The number of nitrogens with one attached hydrogen (secondary N) is 1. The normalized spacial score (nSPS) is 22.9. The monoisotopic (exact) mass is 670 g/mol. The van der Waals surface area contributed by atoms with Crippen LogP contribution in [0, 0.1) is 11.7 Å². The molecule has 246 valence electrons. The molecule has 1 amide bonds. The van der Waals surface area contributed by atoms with Crippen LogP contribution in [0.5, 0.6) is 0 Å². The summed E-state index contributed by atoms with van der Waals surface area (Å²) in [4.78, 5) is 45.8. The highest BCUT2D eigenvalue weighted by molar-refractivity contribution is 7.17. The zero-order valence-electron chi connectivity index (χ0n) is 26.0. The molecule has 2 aromatic carbocycles. The average molecular weight is 671 g/mol. The number of anilines is 1. The molecular formula is C34H40ClFN4O5S. The molecule has 1 saturated carbocycles. The molecule has 12 heteroatoms. The highest BCUT2D eigenvalue weighted by Gasteiger charge is 2.53. The SMILES string of the molecule is CN1CCN(C(O[C@H]2CC[C@H](C(=O)O)CC2)(C(=O)Cc2cc(Cl)c(NC(=O)c3csc4ccccc34)cc2F)N2CCCC2)CC1. The number of carboxylic acids is 1. The summed E-state index contributed by atoms with van der Waals surface area (Å²) in [6.45, 7) is 4.07. The van der Waals surface area contributed by atoms with E-state index in [1.54, 1.807) is 5.38 Å². The Balaban J connectivity index is 1.27. The van der Waals surface area contributed by atoms with Gasteiger partial charge in [0.05, 0.1) is 28.3 Å². The van der Waals surface area contributed by atoms with Crippen LogP contribution in [-0.2, 0) is 20.7 Å². The Labute approximate surface area is 277 Å². The second-order valence-corrected chi connectivity index (χ2v) is 14.0. The van der Waals surface area contributed by atoms with Crippen molar-refractivity contribution in [3.8, 4) is 0 Å². The van der Waals surface area contributed by atoms with Crippen molar-refractivity contribution in [3.05, 3.63) is 63.7 Å². The number of rotatable bonds is 10. The maximum atomic E-state index is 15.8. The number of Topliss-reactive ketones (excluding diaryl/α,β-unsaturated/α-hetero) is 1. The van der Waals surface area contributed by atoms with E-state index in [9.17, 15) is 19.5 Å². The number of piperazine rings is 1. The molecule has 3 heterocycles. The molecule has 1 unspecified atom stereocenters. The fourth-order valence-corrected chi connectivity index (χ4v) is 8.18. The lowest BCUT2D eigenvalue weighted by molar-refractivity contribution is -0.260. The molecule has 3 aromatic rings. The molecule has 6 rings (SSSR count). The minimum absolute atomic E-state index is 0.130. The Kier molecular flexibility index (Phi) is 10.1. The molecule has 0 spiro atoms. The summed E-state index contributed by atoms with van der Waals surface area (Å²) in [6, 6.07) is 10.2. The van der Waals surface area contributed by atoms with Crippen molar-refractivity contribution in [2.24, 2.45) is 5.92 Å². The minimum Gasteiger partial charge on any atom is -0.481 e. The third-order valence-corrected chi connectivity index (χ3v) is 10.9. The van der Waals surface area contributed by atoms with E-state index in [0.29, 0.717) is 57.4 Å². The molecule has 1 aliphatic carbocycles. The number of hydrogen-bond donors (Lipinski definition) is 2. The van der Waals surface area contributed by atoms with Gasteiger partial charge in [-0.15, -0.1) is 11.3 Å². The summed E-state index contributed by atoms with van der Waals surface area (Å²) >= 11 is 8.07. The van der Waals surface area contributed by atoms with Crippen molar-refractivity contribution < 1.29 is 28.6 Å². The van der Waals surface area contributed by atoms with Crippen LogP contribution in [-0.4, -0.2) is 95.7 Å². The Morgan fingerprint density at radius 2 is 1.70 bits per heavy atom. The number of hydrogen-bond acceptors (Lipinski definition) is 8. The van der Waals surface area contributed by atoms with Gasteiger partial charge >= 0.3 is 5.97 Å². The maximum absolute atomic E-state index is 15.8. The molecule has 2 N–H and O–H groups in total. The van der Waals surface area contributed by atoms with Crippen molar-refractivity contribution >= 4 is 56.4 Å². The second-order valence-electron chi connectivity index (χ2n) is 12.6. The van der Waals surface area contributed by atoms with Crippen molar-refractivity contribution in [1.82, 2.24) is 14.7 Å². The first kappa shape index (κ1) is 33.0. The fourth-order valence-electron chi connectivity index (χ4n) is 7.01. The first-order chi connectivity index (χ1) is 22.2. The number of aliphatic carboxylic acids is 1. The number of carbonyl (C=O) groups is 3. The van der Waals surface area contributed by atoms with E-state index in [2.05, 4.69) is 20.0 Å². The third-order valence-electron chi connectivity index (χ3n) is 9.65. The predicted molar refractivity (Wildman–Crippen MR) is 177 cm³/mol. The smallest absolute Gasteiger partial charge is 0.306 e. The quantitative estimate of drug-likeness (QED) is 0.283. The van der Waals surface area contributed by atoms with E-state index >= 15 is 4.39 Å². The number of fused-ring (bicyclic) bond motifs is 1. The van der Waals surface area contributed by atoms with Crippen LogP contribution in [0.1, 0.15) is 54.4 Å². The number of likely N-dealkylation sites (N-methyl/N-ethyl adjacent to an activating group) is 1. The number of thiophene rings is 1. The number of carboxylic acid groups (broad SMARTS) is 1. The molecule has 2 aliphatic heterocycles. The first-order valence-corrected chi connectivity index (χ1v) is 17.3. The van der Waals surface area contributed by atoms with Gasteiger partial charge < -0.3 is 20.1 Å². The Hall–Kier alpha value is -2.93. The highest BCUT2D eigenvalue weighted by Crippen LogP contribution is 2.37. The molecule has 9 nitrogen and oxygen atoms in total. The van der Waals surface area contributed by atoms with E-state index in [1.165, 1.54) is 23.5 Å².